The predicted molar refractivity (Wildman–Crippen MR) is 98.0 cm³/mol. The molecule has 0 saturated heterocycles. The molecule has 114 valence electrons. The minimum atomic E-state index is -0.333. The van der Waals surface area contributed by atoms with Gasteiger partial charge in [-0.1, -0.05) is 92.6 Å². The van der Waals surface area contributed by atoms with Gasteiger partial charge in [0.15, 0.2) is 0 Å². The lowest BCUT2D eigenvalue weighted by molar-refractivity contribution is -0.115. The van der Waals surface area contributed by atoms with Gasteiger partial charge in [-0.25, -0.2) is 0 Å². The second-order valence-electron chi connectivity index (χ2n) is 4.26. The van der Waals surface area contributed by atoms with Crippen LogP contribution >= 0.6 is 0 Å². The molecule has 1 amide bonds. The number of hydrogen-bond donors (Lipinski definition) is 1. The van der Waals surface area contributed by atoms with E-state index in [0.29, 0.717) is 0 Å². The van der Waals surface area contributed by atoms with Crippen molar-refractivity contribution >= 4 is 24.1 Å². The monoisotopic (exact) mass is 293 g/mol. The molecule has 0 aliphatic rings. The summed E-state index contributed by atoms with van der Waals surface area (Å²) in [5, 5.41) is 0. The van der Waals surface area contributed by atoms with Crippen LogP contribution in [0, 0.1) is 0 Å². The Morgan fingerprint density at radius 1 is 0.818 bits per heavy atom. The average Bonchev–Trinajstić information content (AvgIpc) is 2.55. The molecule has 0 fully saturated rings. The topological polar surface area (TPSA) is 43.1 Å². The van der Waals surface area contributed by atoms with Gasteiger partial charge in [0.1, 0.15) is 0 Å². The molecule has 22 heavy (non-hydrogen) atoms. The average molecular weight is 293 g/mol. The fraction of sp³-hybridized carbons (Fsp3) is 0.0500. The molecule has 0 aromatic heterocycles. The van der Waals surface area contributed by atoms with Crippen LogP contribution in [0.1, 0.15) is 23.6 Å². The Labute approximate surface area is 133 Å². The smallest absolute Gasteiger partial charge is 0.214 e. The number of primary amides is 1. The Hall–Kier alpha value is -2.87. The Balaban J connectivity index is 0.000000330. The highest BCUT2D eigenvalue weighted by Crippen LogP contribution is 2.10. The van der Waals surface area contributed by atoms with E-state index in [9.17, 15) is 4.79 Å². The van der Waals surface area contributed by atoms with Gasteiger partial charge >= 0.3 is 0 Å². The lowest BCUT2D eigenvalue weighted by Crippen LogP contribution is -2.01. The maximum absolute atomic E-state index is 9.22. The van der Waals surface area contributed by atoms with Crippen molar-refractivity contribution in [1.29, 1.82) is 0 Å². The van der Waals surface area contributed by atoms with Crippen LogP contribution in [0.4, 0.5) is 0 Å². The molecule has 0 saturated carbocycles. The molecule has 2 heteroatoms. The summed E-state index contributed by atoms with van der Waals surface area (Å²) in [6.45, 7) is 12.3. The Morgan fingerprint density at radius 2 is 1.18 bits per heavy atom. The molecule has 0 heterocycles. The normalized spacial score (nSPS) is 8.23. The van der Waals surface area contributed by atoms with Gasteiger partial charge in [-0.2, -0.15) is 0 Å². The van der Waals surface area contributed by atoms with Crippen molar-refractivity contribution in [2.24, 2.45) is 5.73 Å². The molecule has 0 spiro atoms. The molecule has 0 aliphatic carbocycles. The predicted octanol–water partition coefficient (Wildman–Crippen LogP) is 4.79. The molecule has 0 atom stereocenters. The van der Waals surface area contributed by atoms with Crippen molar-refractivity contribution in [3.05, 3.63) is 91.0 Å². The van der Waals surface area contributed by atoms with E-state index in [1.807, 2.05) is 72.8 Å². The fourth-order valence-corrected chi connectivity index (χ4v) is 1.47. The minimum absolute atomic E-state index is 0.333. The third-order valence-corrected chi connectivity index (χ3v) is 2.47. The zero-order chi connectivity index (χ0) is 16.8. The van der Waals surface area contributed by atoms with E-state index in [1.54, 1.807) is 0 Å². The Morgan fingerprint density at radius 3 is 1.45 bits per heavy atom. The molecular weight excluding hydrogens is 270 g/mol. The van der Waals surface area contributed by atoms with E-state index in [-0.39, 0.29) is 5.91 Å². The quantitative estimate of drug-likeness (QED) is 0.868. The third-order valence-electron chi connectivity index (χ3n) is 2.47. The number of carbonyl (C=O) groups excluding carboxylic acids is 1. The van der Waals surface area contributed by atoms with Crippen LogP contribution in [-0.4, -0.2) is 5.91 Å². The summed E-state index contributed by atoms with van der Waals surface area (Å²) in [4.78, 5) is 9.22. The Kier molecular flexibility index (Phi) is 10.4. The molecule has 0 aliphatic heterocycles. The van der Waals surface area contributed by atoms with E-state index in [1.165, 1.54) is 12.5 Å². The first-order valence-electron chi connectivity index (χ1n) is 6.82. The van der Waals surface area contributed by atoms with Gasteiger partial charge in [-0.3, -0.25) is 4.79 Å². The summed E-state index contributed by atoms with van der Waals surface area (Å²) < 4.78 is 0. The summed E-state index contributed by atoms with van der Waals surface area (Å²) in [5.74, 6) is -0.333. The first-order chi connectivity index (χ1) is 10.5. The number of carbonyl (C=O) groups is 1. The molecule has 2 aromatic carbocycles. The highest BCUT2D eigenvalue weighted by molar-refractivity contribution is 5.70. The molecule has 2 aromatic rings. The molecule has 2 nitrogen and oxygen atoms in total. The van der Waals surface area contributed by atoms with Crippen molar-refractivity contribution < 1.29 is 4.79 Å². The fourth-order valence-electron chi connectivity index (χ4n) is 1.47. The van der Waals surface area contributed by atoms with E-state index in [0.717, 1.165) is 11.1 Å². The third kappa shape index (κ3) is 9.10. The number of rotatable bonds is 3. The number of benzene rings is 2. The number of hydrogen-bond acceptors (Lipinski definition) is 1. The Bertz CT molecular complexity index is 569. The highest BCUT2D eigenvalue weighted by Gasteiger charge is 1.89. The van der Waals surface area contributed by atoms with Crippen molar-refractivity contribution in [3.8, 4) is 0 Å². The van der Waals surface area contributed by atoms with Gasteiger partial charge in [0.25, 0.3) is 0 Å². The van der Waals surface area contributed by atoms with Gasteiger partial charge in [-0.15, -0.1) is 0 Å². The summed E-state index contributed by atoms with van der Waals surface area (Å²) in [6.07, 6.45) is 5.49. The van der Waals surface area contributed by atoms with E-state index in [2.05, 4.69) is 25.5 Å². The maximum Gasteiger partial charge on any atom is 0.214 e. The SMILES string of the molecule is C=Cc1ccccc1.C=Cc1ccccc1C=C.CC(N)=O. The van der Waals surface area contributed by atoms with E-state index < -0.39 is 0 Å². The van der Waals surface area contributed by atoms with Crippen molar-refractivity contribution in [3.63, 3.8) is 0 Å². The standard InChI is InChI=1S/C10H10.C8H8.C2H5NO/c1-3-9-7-5-6-8-10(9)4-2;1-2-8-6-4-3-5-7-8;1-2(3)4/h3-8H,1-2H2;2-7H,1H2;1H3,(H2,3,4). The molecule has 0 bridgehead atoms. The van der Waals surface area contributed by atoms with Crippen LogP contribution in [0.5, 0.6) is 0 Å². The molecule has 2 rings (SSSR count). The van der Waals surface area contributed by atoms with Crippen molar-refractivity contribution in [2.75, 3.05) is 0 Å². The number of amides is 1. The van der Waals surface area contributed by atoms with E-state index >= 15 is 0 Å². The second-order valence-corrected chi connectivity index (χ2v) is 4.26. The first-order valence-corrected chi connectivity index (χ1v) is 6.82. The summed E-state index contributed by atoms with van der Waals surface area (Å²) in [6, 6.07) is 18.0. The van der Waals surface area contributed by atoms with Gasteiger partial charge in [0, 0.05) is 6.92 Å². The minimum Gasteiger partial charge on any atom is -0.370 e. The van der Waals surface area contributed by atoms with Crippen LogP contribution in [0.25, 0.3) is 18.2 Å². The first kappa shape index (κ1) is 19.1. The molecule has 2 N–H and O–H groups in total. The summed E-state index contributed by atoms with van der Waals surface area (Å²) in [7, 11) is 0. The molecule has 0 radical (unpaired) electrons. The summed E-state index contributed by atoms with van der Waals surface area (Å²) >= 11 is 0. The van der Waals surface area contributed by atoms with Crippen LogP contribution in [0.3, 0.4) is 0 Å². The number of nitrogens with two attached hydrogens (primary N) is 1. The van der Waals surface area contributed by atoms with Gasteiger partial charge in [0.05, 0.1) is 0 Å². The maximum atomic E-state index is 9.22. The van der Waals surface area contributed by atoms with Gasteiger partial charge < -0.3 is 5.73 Å². The van der Waals surface area contributed by atoms with Crippen LogP contribution < -0.4 is 5.73 Å². The largest absolute Gasteiger partial charge is 0.370 e. The van der Waals surface area contributed by atoms with Crippen LogP contribution in [0.15, 0.2) is 74.3 Å². The lowest BCUT2D eigenvalue weighted by atomic mass is 10.1. The molecular formula is C20H23NO. The van der Waals surface area contributed by atoms with Crippen LogP contribution in [-0.2, 0) is 4.79 Å². The van der Waals surface area contributed by atoms with Crippen molar-refractivity contribution in [1.82, 2.24) is 0 Å². The van der Waals surface area contributed by atoms with E-state index in [4.69, 9.17) is 0 Å². The second kappa shape index (κ2) is 11.9. The highest BCUT2D eigenvalue weighted by atomic mass is 16.1. The van der Waals surface area contributed by atoms with Crippen LogP contribution in [0.2, 0.25) is 0 Å². The lowest BCUT2D eigenvalue weighted by Gasteiger charge is -1.96. The van der Waals surface area contributed by atoms with Gasteiger partial charge in [0.2, 0.25) is 5.91 Å². The van der Waals surface area contributed by atoms with Gasteiger partial charge in [-0.05, 0) is 16.7 Å². The van der Waals surface area contributed by atoms with Crippen molar-refractivity contribution in [2.45, 2.75) is 6.92 Å². The molecule has 0 unspecified atom stereocenters. The summed E-state index contributed by atoms with van der Waals surface area (Å²) in [5.41, 5.74) is 7.92. The zero-order valence-corrected chi connectivity index (χ0v) is 13.0. The zero-order valence-electron chi connectivity index (χ0n) is 13.0.